The molecule has 1 fully saturated rings. The first-order valence-corrected chi connectivity index (χ1v) is 5.90. The molecule has 1 aromatic rings. The molecule has 0 unspecified atom stereocenters. The van der Waals surface area contributed by atoms with Crippen LogP contribution in [0, 0.1) is 10.1 Å². The second-order valence-corrected chi connectivity index (χ2v) is 4.25. The Kier molecular flexibility index (Phi) is 3.72. The Hall–Kier alpha value is -2.17. The van der Waals surface area contributed by atoms with Crippen molar-refractivity contribution in [2.45, 2.75) is 25.7 Å². The Balaban J connectivity index is 2.03. The molecular formula is C13H14N2O3. The lowest BCUT2D eigenvalue weighted by molar-refractivity contribution is -0.384. The van der Waals surface area contributed by atoms with Crippen LogP contribution in [0.4, 0.5) is 11.4 Å². The van der Waals surface area contributed by atoms with Gasteiger partial charge in [-0.15, -0.1) is 0 Å². The highest BCUT2D eigenvalue weighted by molar-refractivity contribution is 5.96. The fourth-order valence-corrected chi connectivity index (χ4v) is 1.90. The van der Waals surface area contributed by atoms with Gasteiger partial charge in [-0.1, -0.05) is 0 Å². The lowest BCUT2D eigenvalue weighted by atomic mass is 9.94. The molecule has 5 nitrogen and oxygen atoms in total. The van der Waals surface area contributed by atoms with Crippen LogP contribution in [0.5, 0.6) is 0 Å². The number of ketones is 1. The molecule has 1 aromatic carbocycles. The number of benzene rings is 1. The third kappa shape index (κ3) is 2.94. The molecule has 0 aliphatic heterocycles. The molecule has 18 heavy (non-hydrogen) atoms. The number of rotatable bonds is 3. The number of allylic oxidation sites excluding steroid dienone is 1. The molecule has 0 atom stereocenters. The van der Waals surface area contributed by atoms with Gasteiger partial charge in [-0.25, -0.2) is 0 Å². The second-order valence-electron chi connectivity index (χ2n) is 4.25. The highest BCUT2D eigenvalue weighted by Gasteiger charge is 2.14. The number of nitro benzene ring substituents is 1. The van der Waals surface area contributed by atoms with Crippen LogP contribution in [-0.2, 0) is 4.79 Å². The average molecular weight is 246 g/mol. The Bertz CT molecular complexity index is 491. The quantitative estimate of drug-likeness (QED) is 0.505. The minimum Gasteiger partial charge on any atom is -0.361 e. The molecular weight excluding hydrogens is 232 g/mol. The van der Waals surface area contributed by atoms with Crippen LogP contribution in [0.2, 0.25) is 0 Å². The van der Waals surface area contributed by atoms with Gasteiger partial charge in [0.15, 0.2) is 5.78 Å². The van der Waals surface area contributed by atoms with Crippen molar-refractivity contribution in [2.24, 2.45) is 0 Å². The molecule has 0 bridgehead atoms. The Morgan fingerprint density at radius 2 is 1.83 bits per heavy atom. The lowest BCUT2D eigenvalue weighted by Gasteiger charge is -2.12. The smallest absolute Gasteiger partial charge is 0.269 e. The minimum atomic E-state index is -0.438. The van der Waals surface area contributed by atoms with Crippen LogP contribution in [0.25, 0.3) is 0 Å². The van der Waals surface area contributed by atoms with Crippen LogP contribution in [-0.4, -0.2) is 10.7 Å². The number of hydrogen-bond donors (Lipinski definition) is 1. The molecule has 0 saturated heterocycles. The largest absolute Gasteiger partial charge is 0.361 e. The van der Waals surface area contributed by atoms with E-state index in [-0.39, 0.29) is 11.5 Å². The van der Waals surface area contributed by atoms with E-state index >= 15 is 0 Å². The number of non-ortho nitro benzene ring substituents is 1. The first-order valence-electron chi connectivity index (χ1n) is 5.90. The number of carbonyl (C=O) groups is 1. The second kappa shape index (κ2) is 5.44. The zero-order valence-corrected chi connectivity index (χ0v) is 9.89. The van der Waals surface area contributed by atoms with Gasteiger partial charge in [0, 0.05) is 36.0 Å². The summed E-state index contributed by atoms with van der Waals surface area (Å²) in [5, 5.41) is 13.5. The third-order valence-electron chi connectivity index (χ3n) is 2.95. The van der Waals surface area contributed by atoms with Crippen molar-refractivity contribution in [3.8, 4) is 0 Å². The standard InChI is InChI=1S/C13H14N2O3/c16-13-4-2-1-3-10(13)9-14-11-5-7-12(8-6-11)15(17)18/h5-9,14H,1-4H2. The molecule has 94 valence electrons. The normalized spacial score (nSPS) is 17.8. The van der Waals surface area contributed by atoms with E-state index in [2.05, 4.69) is 5.32 Å². The van der Waals surface area contributed by atoms with Gasteiger partial charge in [-0.3, -0.25) is 14.9 Å². The molecule has 2 rings (SSSR count). The maximum absolute atomic E-state index is 11.6. The lowest BCUT2D eigenvalue weighted by Crippen LogP contribution is -2.09. The first-order chi connectivity index (χ1) is 8.66. The summed E-state index contributed by atoms with van der Waals surface area (Å²) in [6.07, 6.45) is 5.14. The van der Waals surface area contributed by atoms with E-state index in [1.165, 1.54) is 12.1 Å². The highest BCUT2D eigenvalue weighted by Crippen LogP contribution is 2.20. The van der Waals surface area contributed by atoms with Gasteiger partial charge in [0.25, 0.3) is 5.69 Å². The van der Waals surface area contributed by atoms with Gasteiger partial charge in [0.05, 0.1) is 4.92 Å². The zero-order chi connectivity index (χ0) is 13.0. The highest BCUT2D eigenvalue weighted by atomic mass is 16.6. The van der Waals surface area contributed by atoms with E-state index in [1.54, 1.807) is 18.3 Å². The van der Waals surface area contributed by atoms with Gasteiger partial charge in [0.1, 0.15) is 0 Å². The fourth-order valence-electron chi connectivity index (χ4n) is 1.90. The number of Topliss-reactive ketones (excluding diaryl/α,β-unsaturated/α-hetero) is 1. The predicted octanol–water partition coefficient (Wildman–Crippen LogP) is 3.03. The molecule has 1 aliphatic carbocycles. The molecule has 1 saturated carbocycles. The number of nitrogens with zero attached hydrogens (tertiary/aromatic N) is 1. The van der Waals surface area contributed by atoms with Crippen molar-refractivity contribution < 1.29 is 9.72 Å². The van der Waals surface area contributed by atoms with E-state index in [0.717, 1.165) is 30.5 Å². The molecule has 1 N–H and O–H groups in total. The SMILES string of the molecule is O=C1CCCCC1=CNc1ccc([N+](=O)[O-])cc1. The van der Waals surface area contributed by atoms with Gasteiger partial charge >= 0.3 is 0 Å². The maximum Gasteiger partial charge on any atom is 0.269 e. The first kappa shape index (κ1) is 12.3. The zero-order valence-electron chi connectivity index (χ0n) is 9.89. The van der Waals surface area contributed by atoms with Crippen molar-refractivity contribution >= 4 is 17.2 Å². The van der Waals surface area contributed by atoms with E-state index in [4.69, 9.17) is 0 Å². The summed E-state index contributed by atoms with van der Waals surface area (Å²) in [4.78, 5) is 21.6. The van der Waals surface area contributed by atoms with Gasteiger partial charge in [-0.05, 0) is 31.4 Å². The van der Waals surface area contributed by atoms with E-state index in [9.17, 15) is 14.9 Å². The molecule has 0 aromatic heterocycles. The van der Waals surface area contributed by atoms with Crippen molar-refractivity contribution in [3.05, 3.63) is 46.2 Å². The summed E-state index contributed by atoms with van der Waals surface area (Å²) < 4.78 is 0. The Morgan fingerprint density at radius 3 is 2.44 bits per heavy atom. The van der Waals surface area contributed by atoms with Crippen molar-refractivity contribution in [2.75, 3.05) is 5.32 Å². The molecule has 0 radical (unpaired) electrons. The summed E-state index contributed by atoms with van der Waals surface area (Å²) in [5.74, 6) is 0.190. The predicted molar refractivity (Wildman–Crippen MR) is 68.3 cm³/mol. The van der Waals surface area contributed by atoms with Crippen molar-refractivity contribution in [1.29, 1.82) is 0 Å². The maximum atomic E-state index is 11.6. The van der Waals surface area contributed by atoms with Crippen LogP contribution in [0.1, 0.15) is 25.7 Å². The average Bonchev–Trinajstić information content (AvgIpc) is 2.38. The Morgan fingerprint density at radius 1 is 1.17 bits per heavy atom. The summed E-state index contributed by atoms with van der Waals surface area (Å²) >= 11 is 0. The van der Waals surface area contributed by atoms with E-state index in [1.807, 2.05) is 0 Å². The molecule has 5 heteroatoms. The fraction of sp³-hybridized carbons (Fsp3) is 0.308. The van der Waals surface area contributed by atoms with Crippen LogP contribution < -0.4 is 5.32 Å². The number of anilines is 1. The van der Waals surface area contributed by atoms with E-state index in [0.29, 0.717) is 6.42 Å². The number of nitrogens with one attached hydrogen (secondary N) is 1. The summed E-state index contributed by atoms with van der Waals surface area (Å²) in [6.45, 7) is 0. The van der Waals surface area contributed by atoms with Gasteiger partial charge in [0.2, 0.25) is 0 Å². The monoisotopic (exact) mass is 246 g/mol. The van der Waals surface area contributed by atoms with Gasteiger partial charge in [-0.2, -0.15) is 0 Å². The molecule has 0 amide bonds. The van der Waals surface area contributed by atoms with E-state index < -0.39 is 4.92 Å². The van der Waals surface area contributed by atoms with Gasteiger partial charge < -0.3 is 5.32 Å². The third-order valence-corrected chi connectivity index (χ3v) is 2.95. The summed E-state index contributed by atoms with van der Waals surface area (Å²) in [6, 6.07) is 6.12. The topological polar surface area (TPSA) is 72.2 Å². The molecule has 0 heterocycles. The number of carbonyl (C=O) groups excluding carboxylic acids is 1. The molecule has 1 aliphatic rings. The van der Waals surface area contributed by atoms with Crippen LogP contribution in [0.15, 0.2) is 36.0 Å². The Labute approximate surface area is 105 Å². The molecule has 0 spiro atoms. The van der Waals surface area contributed by atoms with Crippen molar-refractivity contribution in [1.82, 2.24) is 0 Å². The van der Waals surface area contributed by atoms with Crippen molar-refractivity contribution in [3.63, 3.8) is 0 Å². The van der Waals surface area contributed by atoms with Crippen LogP contribution >= 0.6 is 0 Å². The number of nitro groups is 1. The summed E-state index contributed by atoms with van der Waals surface area (Å²) in [5.41, 5.74) is 1.60. The number of hydrogen-bond acceptors (Lipinski definition) is 4. The van der Waals surface area contributed by atoms with Crippen LogP contribution in [0.3, 0.4) is 0 Å². The minimum absolute atomic E-state index is 0.0574. The summed E-state index contributed by atoms with van der Waals surface area (Å²) in [7, 11) is 0.